The molecule has 0 bridgehead atoms. The number of fused-ring (bicyclic) bond motifs is 4. The predicted octanol–water partition coefficient (Wildman–Crippen LogP) is 4.47. The third-order valence-electron chi connectivity index (χ3n) is 3.43. The van der Waals surface area contributed by atoms with Gasteiger partial charge in [0.05, 0.1) is 0 Å². The number of benzene rings is 3. The molecule has 0 saturated carbocycles. The van der Waals surface area contributed by atoms with Gasteiger partial charge in [0.1, 0.15) is 0 Å². The minimum atomic E-state index is 1.27. The van der Waals surface area contributed by atoms with Gasteiger partial charge in [-0.2, -0.15) is 0 Å². The molecule has 0 fully saturated rings. The van der Waals surface area contributed by atoms with E-state index in [0.717, 1.165) is 0 Å². The molecular formula is C16H11N. The summed E-state index contributed by atoms with van der Waals surface area (Å²) < 4.78 is 0. The molecule has 1 nitrogen and oxygen atoms in total. The van der Waals surface area contributed by atoms with Gasteiger partial charge in [-0.25, -0.2) is 0 Å². The molecule has 0 aliphatic rings. The fourth-order valence-electron chi connectivity index (χ4n) is 2.56. The number of rotatable bonds is 0. The number of nitrogens with one attached hydrogen (secondary N) is 1. The Morgan fingerprint density at radius 2 is 1.35 bits per heavy atom. The van der Waals surface area contributed by atoms with E-state index >= 15 is 0 Å². The Bertz CT molecular complexity index is 840. The van der Waals surface area contributed by atoms with Crippen LogP contribution in [-0.4, -0.2) is 4.98 Å². The minimum Gasteiger partial charge on any atom is -0.366 e. The van der Waals surface area contributed by atoms with E-state index in [1.165, 1.54) is 32.3 Å². The van der Waals surface area contributed by atoms with Crippen molar-refractivity contribution < 1.29 is 0 Å². The van der Waals surface area contributed by atoms with Crippen LogP contribution in [0.3, 0.4) is 0 Å². The molecule has 0 radical (unpaired) electrons. The summed E-state index contributed by atoms with van der Waals surface area (Å²) in [4.78, 5) is 3.18. The largest absolute Gasteiger partial charge is 0.366 e. The van der Waals surface area contributed by atoms with E-state index in [1.54, 1.807) is 0 Å². The van der Waals surface area contributed by atoms with Gasteiger partial charge in [0.25, 0.3) is 0 Å². The molecule has 17 heavy (non-hydrogen) atoms. The second-order valence-corrected chi connectivity index (χ2v) is 4.44. The Kier molecular flexibility index (Phi) is 1.61. The molecule has 1 N–H and O–H groups in total. The highest BCUT2D eigenvalue weighted by Gasteiger charge is 2.02. The lowest BCUT2D eigenvalue weighted by molar-refractivity contribution is 1.43. The average Bonchev–Trinajstić information content (AvgIpc) is 2.85. The van der Waals surface area contributed by atoms with Gasteiger partial charge in [0.15, 0.2) is 0 Å². The first-order chi connectivity index (χ1) is 8.42. The van der Waals surface area contributed by atoms with Crippen LogP contribution in [0.1, 0.15) is 0 Å². The fourth-order valence-corrected chi connectivity index (χ4v) is 2.56. The quantitative estimate of drug-likeness (QED) is 0.418. The van der Waals surface area contributed by atoms with Crippen molar-refractivity contribution in [1.29, 1.82) is 0 Å². The molecule has 80 valence electrons. The summed E-state index contributed by atoms with van der Waals surface area (Å²) >= 11 is 0. The maximum atomic E-state index is 3.18. The molecule has 4 aromatic rings. The summed E-state index contributed by atoms with van der Waals surface area (Å²) in [6.07, 6.45) is 4.12. The highest BCUT2D eigenvalue weighted by Crippen LogP contribution is 2.29. The van der Waals surface area contributed by atoms with Crippen LogP contribution in [0.4, 0.5) is 0 Å². The van der Waals surface area contributed by atoms with Crippen LogP contribution in [-0.2, 0) is 0 Å². The lowest BCUT2D eigenvalue weighted by Crippen LogP contribution is -1.76. The number of aromatic nitrogens is 1. The van der Waals surface area contributed by atoms with Crippen molar-refractivity contribution in [3.63, 3.8) is 0 Å². The van der Waals surface area contributed by atoms with E-state index in [2.05, 4.69) is 59.7 Å². The van der Waals surface area contributed by atoms with Crippen LogP contribution in [0.2, 0.25) is 0 Å². The molecule has 1 heteroatoms. The zero-order valence-corrected chi connectivity index (χ0v) is 9.27. The lowest BCUT2D eigenvalue weighted by atomic mass is 10.0. The van der Waals surface area contributed by atoms with Crippen molar-refractivity contribution >= 4 is 32.3 Å². The summed E-state index contributed by atoms with van der Waals surface area (Å²) in [5.41, 5.74) is 0. The average molecular weight is 217 g/mol. The molecular weight excluding hydrogens is 206 g/mol. The van der Waals surface area contributed by atoms with E-state index in [-0.39, 0.29) is 0 Å². The fraction of sp³-hybridized carbons (Fsp3) is 0. The first-order valence-corrected chi connectivity index (χ1v) is 5.80. The summed E-state index contributed by atoms with van der Waals surface area (Å²) in [7, 11) is 0. The Labute approximate surface area is 98.7 Å². The van der Waals surface area contributed by atoms with Crippen molar-refractivity contribution in [3.05, 3.63) is 60.9 Å². The summed E-state index contributed by atoms with van der Waals surface area (Å²) in [5, 5.41) is 7.79. The summed E-state index contributed by atoms with van der Waals surface area (Å²) in [6, 6.07) is 17.4. The van der Waals surface area contributed by atoms with E-state index < -0.39 is 0 Å². The maximum Gasteiger partial charge on any atom is 0.00906 e. The molecule has 3 aromatic carbocycles. The van der Waals surface area contributed by atoms with E-state index in [9.17, 15) is 0 Å². The first-order valence-electron chi connectivity index (χ1n) is 5.80. The molecule has 0 aliphatic carbocycles. The molecule has 1 aromatic heterocycles. The van der Waals surface area contributed by atoms with Crippen LogP contribution >= 0.6 is 0 Å². The third kappa shape index (κ3) is 1.19. The van der Waals surface area contributed by atoms with Gasteiger partial charge in [-0.1, -0.05) is 36.4 Å². The van der Waals surface area contributed by atoms with E-state index in [4.69, 9.17) is 0 Å². The number of hydrogen-bond acceptors (Lipinski definition) is 0. The van der Waals surface area contributed by atoms with Gasteiger partial charge in [-0.3, -0.25) is 0 Å². The SMILES string of the molecule is c1ccc2cc3c(ccc4c[nH]cc43)cc2c1. The molecule has 0 amide bonds. The van der Waals surface area contributed by atoms with Gasteiger partial charge in [-0.05, 0) is 39.1 Å². The van der Waals surface area contributed by atoms with E-state index in [1.807, 2.05) is 6.20 Å². The molecule has 0 unspecified atom stereocenters. The Balaban J connectivity index is 2.29. The van der Waals surface area contributed by atoms with Crippen molar-refractivity contribution in [2.24, 2.45) is 0 Å². The highest BCUT2D eigenvalue weighted by molar-refractivity contribution is 6.11. The second kappa shape index (κ2) is 3.11. The minimum absolute atomic E-state index is 1.27. The zero-order chi connectivity index (χ0) is 11.2. The lowest BCUT2D eigenvalue weighted by Gasteiger charge is -2.03. The van der Waals surface area contributed by atoms with Crippen LogP contribution in [0.15, 0.2) is 60.9 Å². The van der Waals surface area contributed by atoms with Crippen molar-refractivity contribution in [1.82, 2.24) is 4.98 Å². The Morgan fingerprint density at radius 3 is 2.24 bits per heavy atom. The number of aromatic amines is 1. The summed E-state index contributed by atoms with van der Waals surface area (Å²) in [5.74, 6) is 0. The molecule has 4 rings (SSSR count). The van der Waals surface area contributed by atoms with Crippen LogP contribution in [0.5, 0.6) is 0 Å². The molecule has 1 heterocycles. The number of H-pyrrole nitrogens is 1. The van der Waals surface area contributed by atoms with Gasteiger partial charge >= 0.3 is 0 Å². The van der Waals surface area contributed by atoms with Crippen LogP contribution < -0.4 is 0 Å². The smallest absolute Gasteiger partial charge is 0.00906 e. The Hall–Kier alpha value is -2.28. The van der Waals surface area contributed by atoms with Gasteiger partial charge < -0.3 is 4.98 Å². The molecule has 0 spiro atoms. The first kappa shape index (κ1) is 8.82. The number of hydrogen-bond donors (Lipinski definition) is 1. The normalized spacial score (nSPS) is 11.5. The molecule has 0 saturated heterocycles. The predicted molar refractivity (Wildman–Crippen MR) is 73.3 cm³/mol. The highest BCUT2D eigenvalue weighted by atomic mass is 14.6. The van der Waals surface area contributed by atoms with Crippen molar-refractivity contribution in [2.75, 3.05) is 0 Å². The van der Waals surface area contributed by atoms with Gasteiger partial charge in [0.2, 0.25) is 0 Å². The standard InChI is InChI=1S/C16H11N/c1-2-4-12-8-15-13(7-11(12)3-1)5-6-14-9-17-10-16(14)15/h1-10,17H. The Morgan fingerprint density at radius 1 is 0.588 bits per heavy atom. The van der Waals surface area contributed by atoms with Gasteiger partial charge in [-0.15, -0.1) is 0 Å². The van der Waals surface area contributed by atoms with E-state index in [0.29, 0.717) is 0 Å². The molecule has 0 aliphatic heterocycles. The van der Waals surface area contributed by atoms with Crippen LogP contribution in [0, 0.1) is 0 Å². The third-order valence-corrected chi connectivity index (χ3v) is 3.43. The van der Waals surface area contributed by atoms with Crippen molar-refractivity contribution in [2.45, 2.75) is 0 Å². The molecule has 0 atom stereocenters. The monoisotopic (exact) mass is 217 g/mol. The van der Waals surface area contributed by atoms with Crippen LogP contribution in [0.25, 0.3) is 32.3 Å². The second-order valence-electron chi connectivity index (χ2n) is 4.44. The topological polar surface area (TPSA) is 15.8 Å². The van der Waals surface area contributed by atoms with Gasteiger partial charge in [0, 0.05) is 17.8 Å². The van der Waals surface area contributed by atoms with Crippen molar-refractivity contribution in [3.8, 4) is 0 Å². The summed E-state index contributed by atoms with van der Waals surface area (Å²) in [6.45, 7) is 0. The maximum absolute atomic E-state index is 3.18. The zero-order valence-electron chi connectivity index (χ0n) is 9.27.